The van der Waals surface area contributed by atoms with Gasteiger partial charge < -0.3 is 10.6 Å². The lowest BCUT2D eigenvalue weighted by Gasteiger charge is -2.30. The summed E-state index contributed by atoms with van der Waals surface area (Å²) in [7, 11) is 1.87. The standard InChI is InChI=1S/C16H24N2O/c1-17-12-9-15(19)18-13-16(10-5-6-11-16)14-7-3-2-4-8-14/h2-4,7-8,17H,5-6,9-13H2,1H3,(H,18,19). The summed E-state index contributed by atoms with van der Waals surface area (Å²) in [5.74, 6) is 0.150. The second-order valence-corrected chi connectivity index (χ2v) is 5.48. The first-order valence-electron chi connectivity index (χ1n) is 7.24. The molecule has 1 saturated carbocycles. The van der Waals surface area contributed by atoms with Crippen molar-refractivity contribution in [2.75, 3.05) is 20.1 Å². The van der Waals surface area contributed by atoms with Crippen molar-refractivity contribution in [2.24, 2.45) is 0 Å². The summed E-state index contributed by atoms with van der Waals surface area (Å²) in [4.78, 5) is 11.8. The molecule has 0 spiro atoms. The maximum atomic E-state index is 11.8. The van der Waals surface area contributed by atoms with Crippen molar-refractivity contribution in [3.05, 3.63) is 35.9 Å². The summed E-state index contributed by atoms with van der Waals surface area (Å²) in [6, 6.07) is 10.6. The van der Waals surface area contributed by atoms with E-state index in [1.807, 2.05) is 7.05 Å². The fourth-order valence-corrected chi connectivity index (χ4v) is 3.01. The van der Waals surface area contributed by atoms with Crippen LogP contribution in [0.5, 0.6) is 0 Å². The van der Waals surface area contributed by atoms with Gasteiger partial charge in [0.25, 0.3) is 0 Å². The zero-order chi connectivity index (χ0) is 13.6. The molecule has 0 aliphatic heterocycles. The van der Waals surface area contributed by atoms with Crippen molar-refractivity contribution >= 4 is 5.91 Å². The Morgan fingerprint density at radius 1 is 1.21 bits per heavy atom. The van der Waals surface area contributed by atoms with Crippen molar-refractivity contribution in [1.82, 2.24) is 10.6 Å². The second-order valence-electron chi connectivity index (χ2n) is 5.48. The van der Waals surface area contributed by atoms with Crippen LogP contribution in [0, 0.1) is 0 Å². The lowest BCUT2D eigenvalue weighted by Crippen LogP contribution is -2.39. The van der Waals surface area contributed by atoms with E-state index in [4.69, 9.17) is 0 Å². The Balaban J connectivity index is 1.99. The zero-order valence-corrected chi connectivity index (χ0v) is 11.7. The van der Waals surface area contributed by atoms with Gasteiger partial charge in [-0.2, -0.15) is 0 Å². The number of carbonyl (C=O) groups excluding carboxylic acids is 1. The van der Waals surface area contributed by atoms with Gasteiger partial charge in [0.15, 0.2) is 0 Å². The van der Waals surface area contributed by atoms with Crippen molar-refractivity contribution in [3.63, 3.8) is 0 Å². The molecule has 0 atom stereocenters. The lowest BCUT2D eigenvalue weighted by molar-refractivity contribution is -0.121. The van der Waals surface area contributed by atoms with E-state index < -0.39 is 0 Å². The third kappa shape index (κ3) is 3.57. The predicted octanol–water partition coefficient (Wildman–Crippen LogP) is 2.22. The molecular weight excluding hydrogens is 236 g/mol. The predicted molar refractivity (Wildman–Crippen MR) is 78.1 cm³/mol. The Morgan fingerprint density at radius 2 is 1.89 bits per heavy atom. The maximum Gasteiger partial charge on any atom is 0.221 e. The Bertz CT molecular complexity index is 396. The molecule has 3 nitrogen and oxygen atoms in total. The van der Waals surface area contributed by atoms with E-state index in [9.17, 15) is 4.79 Å². The van der Waals surface area contributed by atoms with Crippen molar-refractivity contribution in [3.8, 4) is 0 Å². The Kier molecular flexibility index (Phi) is 4.97. The zero-order valence-electron chi connectivity index (χ0n) is 11.7. The minimum atomic E-state index is 0.150. The van der Waals surface area contributed by atoms with Crippen LogP contribution in [-0.4, -0.2) is 26.0 Å². The SMILES string of the molecule is CNCCC(=O)NCC1(c2ccccc2)CCCC1. The van der Waals surface area contributed by atoms with Gasteiger partial charge in [-0.15, -0.1) is 0 Å². The summed E-state index contributed by atoms with van der Waals surface area (Å²) >= 11 is 0. The van der Waals surface area contributed by atoms with Crippen molar-refractivity contribution in [2.45, 2.75) is 37.5 Å². The van der Waals surface area contributed by atoms with E-state index >= 15 is 0 Å². The van der Waals surface area contributed by atoms with Crippen molar-refractivity contribution < 1.29 is 4.79 Å². The van der Waals surface area contributed by atoms with Gasteiger partial charge >= 0.3 is 0 Å². The fourth-order valence-electron chi connectivity index (χ4n) is 3.01. The summed E-state index contributed by atoms with van der Waals surface area (Å²) in [5.41, 5.74) is 1.54. The van der Waals surface area contributed by atoms with Gasteiger partial charge in [-0.3, -0.25) is 4.79 Å². The largest absolute Gasteiger partial charge is 0.355 e. The number of nitrogens with one attached hydrogen (secondary N) is 2. The summed E-state index contributed by atoms with van der Waals surface area (Å²) < 4.78 is 0. The number of benzene rings is 1. The van der Waals surface area contributed by atoms with E-state index in [1.165, 1.54) is 31.2 Å². The van der Waals surface area contributed by atoms with Gasteiger partial charge in [-0.1, -0.05) is 43.2 Å². The molecular formula is C16H24N2O. The molecule has 3 heteroatoms. The molecule has 0 heterocycles. The first-order chi connectivity index (χ1) is 9.27. The van der Waals surface area contributed by atoms with E-state index in [0.29, 0.717) is 6.42 Å². The Hall–Kier alpha value is -1.35. The van der Waals surface area contributed by atoms with Gasteiger partial charge in [-0.05, 0) is 25.5 Å². The molecule has 1 aliphatic carbocycles. The summed E-state index contributed by atoms with van der Waals surface area (Å²) in [5, 5.41) is 6.13. The van der Waals surface area contributed by atoms with Gasteiger partial charge in [0.1, 0.15) is 0 Å². The van der Waals surface area contributed by atoms with Crippen LogP contribution in [0.4, 0.5) is 0 Å². The molecule has 0 unspecified atom stereocenters. The third-order valence-corrected chi connectivity index (χ3v) is 4.17. The number of hydrogen-bond acceptors (Lipinski definition) is 2. The molecule has 1 aromatic carbocycles. The highest BCUT2D eigenvalue weighted by atomic mass is 16.1. The Morgan fingerprint density at radius 3 is 2.53 bits per heavy atom. The summed E-state index contributed by atoms with van der Waals surface area (Å²) in [6.07, 6.45) is 5.45. The molecule has 0 bridgehead atoms. The second kappa shape index (κ2) is 6.71. The van der Waals surface area contributed by atoms with Crippen LogP contribution in [0.3, 0.4) is 0 Å². The van der Waals surface area contributed by atoms with E-state index in [0.717, 1.165) is 13.1 Å². The highest BCUT2D eigenvalue weighted by Crippen LogP contribution is 2.40. The minimum absolute atomic E-state index is 0.150. The van der Waals surface area contributed by atoms with Crippen LogP contribution in [0.25, 0.3) is 0 Å². The third-order valence-electron chi connectivity index (χ3n) is 4.17. The monoisotopic (exact) mass is 260 g/mol. The summed E-state index contributed by atoms with van der Waals surface area (Å²) in [6.45, 7) is 1.52. The molecule has 2 N–H and O–H groups in total. The molecule has 2 rings (SSSR count). The van der Waals surface area contributed by atoms with Crippen molar-refractivity contribution in [1.29, 1.82) is 0 Å². The molecule has 104 valence electrons. The van der Waals surface area contributed by atoms with Gasteiger partial charge in [-0.25, -0.2) is 0 Å². The van der Waals surface area contributed by atoms with Gasteiger partial charge in [0, 0.05) is 24.9 Å². The molecule has 19 heavy (non-hydrogen) atoms. The van der Waals surface area contributed by atoms with Crippen LogP contribution in [0.15, 0.2) is 30.3 Å². The lowest BCUT2D eigenvalue weighted by atomic mass is 9.79. The number of carbonyl (C=O) groups is 1. The molecule has 0 saturated heterocycles. The Labute approximate surface area is 115 Å². The first kappa shape index (κ1) is 14.1. The fraction of sp³-hybridized carbons (Fsp3) is 0.562. The normalized spacial score (nSPS) is 17.3. The van der Waals surface area contributed by atoms with Crippen LogP contribution in [-0.2, 0) is 10.2 Å². The molecule has 1 fully saturated rings. The van der Waals surface area contributed by atoms with E-state index in [1.54, 1.807) is 0 Å². The maximum absolute atomic E-state index is 11.8. The molecule has 0 aromatic heterocycles. The molecule has 1 aliphatic rings. The van der Waals surface area contributed by atoms with Crippen LogP contribution in [0.2, 0.25) is 0 Å². The molecule has 0 radical (unpaired) electrons. The van der Waals surface area contributed by atoms with E-state index in [-0.39, 0.29) is 11.3 Å². The number of hydrogen-bond donors (Lipinski definition) is 2. The molecule has 1 amide bonds. The van der Waals surface area contributed by atoms with Crippen LogP contribution < -0.4 is 10.6 Å². The average molecular weight is 260 g/mol. The van der Waals surface area contributed by atoms with Crippen LogP contribution in [0.1, 0.15) is 37.7 Å². The number of rotatable bonds is 6. The highest BCUT2D eigenvalue weighted by molar-refractivity contribution is 5.76. The highest BCUT2D eigenvalue weighted by Gasteiger charge is 2.35. The molecule has 1 aromatic rings. The quantitative estimate of drug-likeness (QED) is 0.823. The first-order valence-corrected chi connectivity index (χ1v) is 7.24. The van der Waals surface area contributed by atoms with E-state index in [2.05, 4.69) is 41.0 Å². The average Bonchev–Trinajstić information content (AvgIpc) is 2.94. The smallest absolute Gasteiger partial charge is 0.221 e. The van der Waals surface area contributed by atoms with Gasteiger partial charge in [0.05, 0.1) is 0 Å². The minimum Gasteiger partial charge on any atom is -0.355 e. The number of amides is 1. The topological polar surface area (TPSA) is 41.1 Å². The van der Waals surface area contributed by atoms with Gasteiger partial charge in [0.2, 0.25) is 5.91 Å². The van der Waals surface area contributed by atoms with Crippen LogP contribution >= 0.6 is 0 Å².